The van der Waals surface area contributed by atoms with Gasteiger partial charge in [0.1, 0.15) is 36.5 Å². The van der Waals surface area contributed by atoms with E-state index in [2.05, 4.69) is 41.1 Å². The van der Waals surface area contributed by atoms with Gasteiger partial charge in [0, 0.05) is 49.1 Å². The normalized spacial score (nSPS) is 17.6. The molecule has 0 bridgehead atoms. The van der Waals surface area contributed by atoms with Gasteiger partial charge in [0.15, 0.2) is 6.29 Å². The number of carbonyl (C=O) groups is 1. The number of aromatic nitrogens is 1. The van der Waals surface area contributed by atoms with Crippen LogP contribution in [0.25, 0.3) is 11.1 Å². The highest BCUT2D eigenvalue weighted by molar-refractivity contribution is 6.32. The molecule has 3 heterocycles. The van der Waals surface area contributed by atoms with Crippen LogP contribution in [0.3, 0.4) is 0 Å². The van der Waals surface area contributed by atoms with Crippen LogP contribution in [-0.2, 0) is 18.0 Å². The van der Waals surface area contributed by atoms with Crippen LogP contribution >= 0.6 is 11.6 Å². The Kier molecular flexibility index (Phi) is 10.9. The smallest absolute Gasteiger partial charge is 0.153 e. The van der Waals surface area contributed by atoms with Crippen molar-refractivity contribution in [1.29, 1.82) is 5.26 Å². The van der Waals surface area contributed by atoms with E-state index >= 15 is 0 Å². The van der Waals surface area contributed by atoms with Crippen LogP contribution in [0.5, 0.6) is 17.2 Å². The number of hydrogen-bond donors (Lipinski definition) is 0. The number of ether oxygens (including phenoxy) is 4. The molecule has 0 aliphatic carbocycles. The monoisotopic (exact) mass is 665 g/mol. The highest BCUT2D eigenvalue weighted by Crippen LogP contribution is 2.38. The summed E-state index contributed by atoms with van der Waals surface area (Å²) in [6.45, 7) is 8.33. The molecule has 248 valence electrons. The average Bonchev–Trinajstić information content (AvgIpc) is 3.56. The van der Waals surface area contributed by atoms with Crippen LogP contribution in [0.15, 0.2) is 73.1 Å². The van der Waals surface area contributed by atoms with Crippen molar-refractivity contribution in [1.82, 2.24) is 9.88 Å². The van der Waals surface area contributed by atoms with Crippen molar-refractivity contribution in [2.45, 2.75) is 45.8 Å². The van der Waals surface area contributed by atoms with Gasteiger partial charge in [-0.1, -0.05) is 41.9 Å². The van der Waals surface area contributed by atoms with E-state index in [0.29, 0.717) is 51.5 Å². The lowest BCUT2D eigenvalue weighted by molar-refractivity contribution is 0.0657. The number of pyridine rings is 1. The van der Waals surface area contributed by atoms with E-state index in [1.165, 1.54) is 38.1 Å². The predicted molar refractivity (Wildman–Crippen MR) is 185 cm³/mol. The molecule has 1 atom stereocenters. The van der Waals surface area contributed by atoms with Gasteiger partial charge in [-0.05, 0) is 85.7 Å². The standard InChI is InChI=1S/C39H40ClN3O5/c1-28-32(25-48-38-19-37(33(23-44)18-36(38)40)47-24-30-16-29(20-41)21-42-22-30)7-3-9-35(28)31-6-2-8-34(17-31)46-14-5-13-43-12-4-10-39(26-43)11-15-45-27-39/h2-3,6-9,16-19,21-23H,4-5,10-15,24-27H2,1H3. The van der Waals surface area contributed by atoms with Crippen molar-refractivity contribution in [2.24, 2.45) is 5.41 Å². The molecule has 3 aromatic carbocycles. The maximum Gasteiger partial charge on any atom is 0.153 e. The summed E-state index contributed by atoms with van der Waals surface area (Å²) >= 11 is 6.50. The molecule has 0 N–H and O–H groups in total. The van der Waals surface area contributed by atoms with Gasteiger partial charge in [-0.15, -0.1) is 0 Å². The van der Waals surface area contributed by atoms with E-state index in [1.807, 2.05) is 24.3 Å². The molecule has 4 aromatic rings. The van der Waals surface area contributed by atoms with Crippen LogP contribution in [0.1, 0.15) is 58.3 Å². The molecule has 48 heavy (non-hydrogen) atoms. The Labute approximate surface area is 287 Å². The van der Waals surface area contributed by atoms with Crippen molar-refractivity contribution in [2.75, 3.05) is 39.5 Å². The molecule has 0 radical (unpaired) electrons. The number of hydrogen-bond acceptors (Lipinski definition) is 8. The SMILES string of the molecule is Cc1c(COc2cc(OCc3cncc(C#N)c3)c(C=O)cc2Cl)cccc1-c1cccc(OCCCN2CCCC3(CCOC3)C2)c1. The van der Waals surface area contributed by atoms with Crippen molar-refractivity contribution in [3.8, 4) is 34.4 Å². The first-order chi connectivity index (χ1) is 23.4. The van der Waals surface area contributed by atoms with Crippen molar-refractivity contribution in [3.05, 3.63) is 106 Å². The first kappa shape index (κ1) is 33.5. The van der Waals surface area contributed by atoms with Gasteiger partial charge >= 0.3 is 0 Å². The van der Waals surface area contributed by atoms with Gasteiger partial charge in [0.2, 0.25) is 0 Å². The summed E-state index contributed by atoms with van der Waals surface area (Å²) in [4.78, 5) is 18.4. The Bertz CT molecular complexity index is 1780. The summed E-state index contributed by atoms with van der Waals surface area (Å²) in [6, 6.07) is 21.3. The van der Waals surface area contributed by atoms with E-state index in [-0.39, 0.29) is 13.2 Å². The first-order valence-corrected chi connectivity index (χ1v) is 16.8. The molecule has 0 amide bonds. The second-order valence-corrected chi connectivity index (χ2v) is 13.1. The van der Waals surface area contributed by atoms with Crippen molar-refractivity contribution >= 4 is 17.9 Å². The van der Waals surface area contributed by atoms with Crippen molar-refractivity contribution < 1.29 is 23.7 Å². The molecule has 0 saturated carbocycles. The third-order valence-corrected chi connectivity index (χ3v) is 9.59. The summed E-state index contributed by atoms with van der Waals surface area (Å²) in [6.07, 6.45) is 8.51. The Morgan fingerprint density at radius 3 is 2.75 bits per heavy atom. The fraction of sp³-hybridized carbons (Fsp3) is 0.359. The second-order valence-electron chi connectivity index (χ2n) is 12.7. The van der Waals surface area contributed by atoms with Gasteiger partial charge in [-0.2, -0.15) is 5.26 Å². The number of piperidine rings is 1. The average molecular weight is 666 g/mol. The zero-order valence-electron chi connectivity index (χ0n) is 27.3. The van der Waals surface area contributed by atoms with E-state index < -0.39 is 0 Å². The van der Waals surface area contributed by atoms with Gasteiger partial charge < -0.3 is 23.8 Å². The predicted octanol–water partition coefficient (Wildman–Crippen LogP) is 7.82. The zero-order chi connectivity index (χ0) is 33.3. The minimum Gasteiger partial charge on any atom is -0.494 e. The quantitative estimate of drug-likeness (QED) is 0.105. The van der Waals surface area contributed by atoms with Gasteiger partial charge in [-0.25, -0.2) is 0 Å². The van der Waals surface area contributed by atoms with Crippen LogP contribution < -0.4 is 14.2 Å². The van der Waals surface area contributed by atoms with Gasteiger partial charge in [0.05, 0.1) is 29.4 Å². The summed E-state index contributed by atoms with van der Waals surface area (Å²) in [5, 5.41) is 9.46. The maximum atomic E-state index is 11.8. The molecular weight excluding hydrogens is 626 g/mol. The number of rotatable bonds is 13. The summed E-state index contributed by atoms with van der Waals surface area (Å²) < 4.78 is 24.0. The number of benzene rings is 3. The topological polar surface area (TPSA) is 93.9 Å². The number of aldehydes is 1. The van der Waals surface area contributed by atoms with Crippen LogP contribution in [0.2, 0.25) is 5.02 Å². The lowest BCUT2D eigenvalue weighted by Gasteiger charge is -2.39. The second kappa shape index (κ2) is 15.7. The fourth-order valence-electron chi connectivity index (χ4n) is 6.68. The van der Waals surface area contributed by atoms with E-state index in [4.69, 9.17) is 35.8 Å². The molecular formula is C39H40ClN3O5. The Hall–Kier alpha value is -4.42. The van der Waals surface area contributed by atoms with E-state index in [1.54, 1.807) is 18.3 Å². The van der Waals surface area contributed by atoms with Gasteiger partial charge in [0.25, 0.3) is 0 Å². The lowest BCUT2D eigenvalue weighted by Crippen LogP contribution is -2.44. The highest BCUT2D eigenvalue weighted by Gasteiger charge is 2.38. The molecule has 2 saturated heterocycles. The van der Waals surface area contributed by atoms with Crippen LogP contribution in [0, 0.1) is 23.7 Å². The number of nitriles is 1. The molecule has 8 nitrogen and oxygen atoms in total. The number of likely N-dealkylation sites (tertiary alicyclic amines) is 1. The minimum atomic E-state index is 0.128. The lowest BCUT2D eigenvalue weighted by atomic mass is 9.79. The number of halogens is 1. The van der Waals surface area contributed by atoms with E-state index in [9.17, 15) is 4.79 Å². The molecule has 1 spiro atoms. The number of carbonyl (C=O) groups excluding carboxylic acids is 1. The Balaban J connectivity index is 1.07. The Morgan fingerprint density at radius 1 is 1.04 bits per heavy atom. The summed E-state index contributed by atoms with van der Waals surface area (Å²) in [5.41, 5.74) is 6.08. The first-order valence-electron chi connectivity index (χ1n) is 16.5. The molecule has 2 aliphatic heterocycles. The largest absolute Gasteiger partial charge is 0.494 e. The Morgan fingerprint density at radius 2 is 1.92 bits per heavy atom. The minimum absolute atomic E-state index is 0.128. The molecule has 2 fully saturated rings. The number of nitrogens with zero attached hydrogens (tertiary/aromatic N) is 3. The van der Waals surface area contributed by atoms with Crippen LogP contribution in [0.4, 0.5) is 0 Å². The molecule has 6 rings (SSSR count). The molecule has 9 heteroatoms. The third kappa shape index (κ3) is 8.16. The molecule has 2 aliphatic rings. The van der Waals surface area contributed by atoms with Crippen molar-refractivity contribution in [3.63, 3.8) is 0 Å². The molecule has 1 unspecified atom stereocenters. The molecule has 1 aromatic heterocycles. The zero-order valence-corrected chi connectivity index (χ0v) is 28.0. The summed E-state index contributed by atoms with van der Waals surface area (Å²) in [5.74, 6) is 1.59. The fourth-order valence-corrected chi connectivity index (χ4v) is 6.91. The maximum absolute atomic E-state index is 11.8. The van der Waals surface area contributed by atoms with E-state index in [0.717, 1.165) is 60.7 Å². The summed E-state index contributed by atoms with van der Waals surface area (Å²) in [7, 11) is 0. The van der Waals surface area contributed by atoms with Crippen LogP contribution in [-0.4, -0.2) is 55.6 Å². The van der Waals surface area contributed by atoms with Gasteiger partial charge in [-0.3, -0.25) is 9.78 Å². The third-order valence-electron chi connectivity index (χ3n) is 9.30. The highest BCUT2D eigenvalue weighted by atomic mass is 35.5.